The maximum Gasteiger partial charge on any atom is 0.222 e. The van der Waals surface area contributed by atoms with Crippen LogP contribution in [0.4, 0.5) is 0 Å². The topological polar surface area (TPSA) is 46.3 Å². The Bertz CT molecular complexity index is 221. The van der Waals surface area contributed by atoms with Crippen molar-refractivity contribution < 1.29 is 4.79 Å². The van der Waals surface area contributed by atoms with Crippen LogP contribution < -0.4 is 5.73 Å². The lowest BCUT2D eigenvalue weighted by molar-refractivity contribution is -0.132. The predicted molar refractivity (Wildman–Crippen MR) is 83.0 cm³/mol. The number of carbonyl (C=O) groups excluding carboxylic acids is 1. The van der Waals surface area contributed by atoms with Gasteiger partial charge >= 0.3 is 0 Å². The second-order valence-electron chi connectivity index (χ2n) is 6.02. The van der Waals surface area contributed by atoms with Crippen LogP contribution in [0.3, 0.4) is 0 Å². The minimum absolute atomic E-state index is 0.304. The van der Waals surface area contributed by atoms with Crippen LogP contribution >= 0.6 is 0 Å². The van der Waals surface area contributed by atoms with E-state index < -0.39 is 0 Å². The lowest BCUT2D eigenvalue weighted by Gasteiger charge is -2.25. The van der Waals surface area contributed by atoms with Gasteiger partial charge in [0.05, 0.1) is 0 Å². The van der Waals surface area contributed by atoms with Gasteiger partial charge in [0, 0.05) is 19.5 Å². The van der Waals surface area contributed by atoms with Crippen molar-refractivity contribution in [1.29, 1.82) is 0 Å². The first-order valence-corrected chi connectivity index (χ1v) is 8.02. The molecule has 19 heavy (non-hydrogen) atoms. The number of amides is 1. The Morgan fingerprint density at radius 3 is 2.00 bits per heavy atom. The van der Waals surface area contributed by atoms with Gasteiger partial charge in [-0.15, -0.1) is 0 Å². The Labute approximate surface area is 119 Å². The van der Waals surface area contributed by atoms with E-state index in [9.17, 15) is 4.79 Å². The van der Waals surface area contributed by atoms with Crippen molar-refractivity contribution in [2.24, 2.45) is 17.6 Å². The van der Waals surface area contributed by atoms with Gasteiger partial charge in [-0.1, -0.05) is 40.5 Å². The minimum atomic E-state index is 0.304. The molecule has 0 aromatic rings. The maximum atomic E-state index is 12.4. The standard InChI is InChI=1S/C16H34N2O/c1-5-7-9-18(10-8-6-2)16(19)12-15(13-17)11-14(3)4/h14-15H,5-13,17H2,1-4H3. The first-order valence-electron chi connectivity index (χ1n) is 8.02. The molecule has 1 amide bonds. The molecule has 0 spiro atoms. The lowest BCUT2D eigenvalue weighted by Crippen LogP contribution is -2.35. The van der Waals surface area contributed by atoms with Crippen molar-refractivity contribution in [1.82, 2.24) is 4.90 Å². The second kappa shape index (κ2) is 11.3. The minimum Gasteiger partial charge on any atom is -0.343 e. The van der Waals surface area contributed by atoms with E-state index in [1.807, 2.05) is 0 Å². The first-order chi connectivity index (χ1) is 9.04. The van der Waals surface area contributed by atoms with E-state index in [0.29, 0.717) is 30.7 Å². The van der Waals surface area contributed by atoms with Crippen LogP contribution in [0.1, 0.15) is 66.2 Å². The fourth-order valence-corrected chi connectivity index (χ4v) is 2.36. The van der Waals surface area contributed by atoms with E-state index >= 15 is 0 Å². The van der Waals surface area contributed by atoms with Crippen LogP contribution in [-0.2, 0) is 4.79 Å². The number of nitrogens with zero attached hydrogens (tertiary/aromatic N) is 1. The van der Waals surface area contributed by atoms with Gasteiger partial charge < -0.3 is 10.6 Å². The number of hydrogen-bond donors (Lipinski definition) is 1. The molecule has 0 radical (unpaired) electrons. The molecule has 114 valence electrons. The zero-order valence-corrected chi connectivity index (χ0v) is 13.5. The quantitative estimate of drug-likeness (QED) is 0.625. The third kappa shape index (κ3) is 9.04. The Kier molecular flexibility index (Phi) is 10.9. The van der Waals surface area contributed by atoms with Crippen LogP contribution in [0.25, 0.3) is 0 Å². The van der Waals surface area contributed by atoms with E-state index in [-0.39, 0.29) is 0 Å². The smallest absolute Gasteiger partial charge is 0.222 e. The summed E-state index contributed by atoms with van der Waals surface area (Å²) in [6, 6.07) is 0. The van der Waals surface area contributed by atoms with Gasteiger partial charge in [-0.25, -0.2) is 0 Å². The molecular weight excluding hydrogens is 236 g/mol. The van der Waals surface area contributed by atoms with E-state index in [1.165, 1.54) is 0 Å². The van der Waals surface area contributed by atoms with E-state index in [2.05, 4.69) is 32.6 Å². The number of carbonyl (C=O) groups is 1. The van der Waals surface area contributed by atoms with E-state index in [1.54, 1.807) is 0 Å². The summed E-state index contributed by atoms with van der Waals surface area (Å²) in [7, 11) is 0. The third-order valence-corrected chi connectivity index (χ3v) is 3.52. The van der Waals surface area contributed by atoms with Crippen molar-refractivity contribution in [3.05, 3.63) is 0 Å². The van der Waals surface area contributed by atoms with Crippen molar-refractivity contribution in [2.45, 2.75) is 66.2 Å². The van der Waals surface area contributed by atoms with Crippen molar-refractivity contribution in [3.63, 3.8) is 0 Å². The number of unbranched alkanes of at least 4 members (excludes halogenated alkanes) is 2. The van der Waals surface area contributed by atoms with Gasteiger partial charge in [-0.05, 0) is 37.6 Å². The van der Waals surface area contributed by atoms with E-state index in [4.69, 9.17) is 5.73 Å². The monoisotopic (exact) mass is 270 g/mol. The molecule has 1 atom stereocenters. The van der Waals surface area contributed by atoms with E-state index in [0.717, 1.165) is 45.2 Å². The average molecular weight is 270 g/mol. The lowest BCUT2D eigenvalue weighted by atomic mass is 9.93. The van der Waals surface area contributed by atoms with Crippen LogP contribution in [0.5, 0.6) is 0 Å². The molecule has 0 aromatic heterocycles. The second-order valence-corrected chi connectivity index (χ2v) is 6.02. The van der Waals surface area contributed by atoms with Gasteiger partial charge in [0.2, 0.25) is 5.91 Å². The summed E-state index contributed by atoms with van der Waals surface area (Å²) in [6.45, 7) is 11.2. The molecule has 0 saturated carbocycles. The first kappa shape index (κ1) is 18.4. The molecule has 1 unspecified atom stereocenters. The molecule has 0 rings (SSSR count). The number of nitrogens with two attached hydrogens (primary N) is 1. The summed E-state index contributed by atoms with van der Waals surface area (Å²) < 4.78 is 0. The Balaban J connectivity index is 4.33. The molecule has 3 heteroatoms. The molecule has 0 fully saturated rings. The van der Waals surface area contributed by atoms with Crippen LogP contribution in [-0.4, -0.2) is 30.4 Å². The number of hydrogen-bond acceptors (Lipinski definition) is 2. The van der Waals surface area contributed by atoms with Crippen LogP contribution in [0.2, 0.25) is 0 Å². The predicted octanol–water partition coefficient (Wildman–Crippen LogP) is 3.43. The Morgan fingerprint density at radius 2 is 1.63 bits per heavy atom. The largest absolute Gasteiger partial charge is 0.343 e. The molecule has 0 aliphatic carbocycles. The van der Waals surface area contributed by atoms with Gasteiger partial charge in [-0.3, -0.25) is 4.79 Å². The molecule has 0 aromatic carbocycles. The molecule has 0 bridgehead atoms. The molecule has 0 heterocycles. The summed E-state index contributed by atoms with van der Waals surface area (Å²) in [4.78, 5) is 14.4. The highest BCUT2D eigenvalue weighted by atomic mass is 16.2. The highest BCUT2D eigenvalue weighted by Crippen LogP contribution is 2.16. The zero-order valence-electron chi connectivity index (χ0n) is 13.5. The zero-order chi connectivity index (χ0) is 14.7. The molecular formula is C16H34N2O. The Morgan fingerprint density at radius 1 is 1.11 bits per heavy atom. The Hall–Kier alpha value is -0.570. The SMILES string of the molecule is CCCCN(CCCC)C(=O)CC(CN)CC(C)C. The highest BCUT2D eigenvalue weighted by Gasteiger charge is 2.18. The number of rotatable bonds is 11. The van der Waals surface area contributed by atoms with Gasteiger partial charge in [-0.2, -0.15) is 0 Å². The average Bonchev–Trinajstić information content (AvgIpc) is 2.37. The fourth-order valence-electron chi connectivity index (χ4n) is 2.36. The third-order valence-electron chi connectivity index (χ3n) is 3.52. The van der Waals surface area contributed by atoms with Crippen LogP contribution in [0, 0.1) is 11.8 Å². The van der Waals surface area contributed by atoms with Crippen molar-refractivity contribution >= 4 is 5.91 Å². The fraction of sp³-hybridized carbons (Fsp3) is 0.938. The summed E-state index contributed by atoms with van der Waals surface area (Å²) in [5.41, 5.74) is 5.80. The molecule has 0 aliphatic rings. The summed E-state index contributed by atoms with van der Waals surface area (Å²) in [5.74, 6) is 1.26. The molecule has 2 N–H and O–H groups in total. The maximum absolute atomic E-state index is 12.4. The van der Waals surface area contributed by atoms with Gasteiger partial charge in [0.1, 0.15) is 0 Å². The summed E-state index contributed by atoms with van der Waals surface area (Å²) in [6.07, 6.45) is 6.17. The highest BCUT2D eigenvalue weighted by molar-refractivity contribution is 5.76. The summed E-state index contributed by atoms with van der Waals surface area (Å²) >= 11 is 0. The molecule has 3 nitrogen and oxygen atoms in total. The molecule has 0 saturated heterocycles. The summed E-state index contributed by atoms with van der Waals surface area (Å²) in [5, 5.41) is 0. The van der Waals surface area contributed by atoms with Gasteiger partial charge in [0.15, 0.2) is 0 Å². The normalized spacial score (nSPS) is 12.7. The van der Waals surface area contributed by atoms with Gasteiger partial charge in [0.25, 0.3) is 0 Å². The van der Waals surface area contributed by atoms with Crippen LogP contribution in [0.15, 0.2) is 0 Å². The molecule has 0 aliphatic heterocycles. The van der Waals surface area contributed by atoms with Crippen molar-refractivity contribution in [2.75, 3.05) is 19.6 Å². The van der Waals surface area contributed by atoms with Crippen molar-refractivity contribution in [3.8, 4) is 0 Å².